The van der Waals surface area contributed by atoms with Crippen LogP contribution >= 0.6 is 15.9 Å². The van der Waals surface area contributed by atoms with Crippen LogP contribution in [-0.4, -0.2) is 17.5 Å². The van der Waals surface area contributed by atoms with Crippen molar-refractivity contribution in [1.29, 1.82) is 0 Å². The Morgan fingerprint density at radius 3 is 2.00 bits per heavy atom. The summed E-state index contributed by atoms with van der Waals surface area (Å²) in [5.74, 6) is -0.886. The van der Waals surface area contributed by atoms with Crippen LogP contribution in [-0.2, 0) is 0 Å². The van der Waals surface area contributed by atoms with E-state index in [0.717, 1.165) is 10.0 Å². The fourth-order valence-corrected chi connectivity index (χ4v) is 2.01. The van der Waals surface area contributed by atoms with Gasteiger partial charge in [0, 0.05) is 15.6 Å². The minimum absolute atomic E-state index is 0.353. The first-order valence-electron chi connectivity index (χ1n) is 6.48. The van der Waals surface area contributed by atoms with Gasteiger partial charge < -0.3 is 5.73 Å². The monoisotopic (exact) mass is 359 g/mol. The SMILES string of the molecule is CC(=NNC(=O)c1ccc(C(N)=O)cc1)c1ccc(Br)cc1. The van der Waals surface area contributed by atoms with Gasteiger partial charge in [-0.15, -0.1) is 0 Å². The molecule has 0 bridgehead atoms. The minimum atomic E-state index is -0.531. The van der Waals surface area contributed by atoms with E-state index in [9.17, 15) is 9.59 Å². The molecule has 6 heteroatoms. The predicted octanol–water partition coefficient (Wildman–Crippen LogP) is 2.70. The van der Waals surface area contributed by atoms with Gasteiger partial charge in [0.25, 0.3) is 5.91 Å². The van der Waals surface area contributed by atoms with Crippen molar-refractivity contribution in [3.05, 3.63) is 69.7 Å². The molecule has 2 amide bonds. The number of halogens is 1. The zero-order valence-electron chi connectivity index (χ0n) is 11.8. The molecule has 3 N–H and O–H groups in total. The highest BCUT2D eigenvalue weighted by Crippen LogP contribution is 2.11. The number of nitrogens with one attached hydrogen (secondary N) is 1. The highest BCUT2D eigenvalue weighted by atomic mass is 79.9. The largest absolute Gasteiger partial charge is 0.366 e. The molecule has 2 aromatic rings. The third-order valence-corrected chi connectivity index (χ3v) is 3.55. The Balaban J connectivity index is 2.06. The molecule has 0 unspecified atom stereocenters. The maximum atomic E-state index is 12.0. The van der Waals surface area contributed by atoms with Gasteiger partial charge in [0.2, 0.25) is 5.91 Å². The molecule has 5 nitrogen and oxygen atoms in total. The van der Waals surface area contributed by atoms with Crippen LogP contribution in [0.3, 0.4) is 0 Å². The van der Waals surface area contributed by atoms with E-state index in [1.165, 1.54) is 24.3 Å². The number of rotatable bonds is 4. The van der Waals surface area contributed by atoms with Crippen molar-refractivity contribution in [3.63, 3.8) is 0 Å². The lowest BCUT2D eigenvalue weighted by atomic mass is 10.1. The first kappa shape index (κ1) is 15.9. The van der Waals surface area contributed by atoms with Crippen LogP contribution in [0.1, 0.15) is 33.2 Å². The molecule has 0 saturated carbocycles. The number of hydrogen-bond donors (Lipinski definition) is 2. The second-order valence-corrected chi connectivity index (χ2v) is 5.50. The third kappa shape index (κ3) is 4.02. The Labute approximate surface area is 136 Å². The van der Waals surface area contributed by atoms with Crippen molar-refractivity contribution in [2.24, 2.45) is 10.8 Å². The summed E-state index contributed by atoms with van der Waals surface area (Å²) in [4.78, 5) is 22.9. The maximum absolute atomic E-state index is 12.0. The number of carbonyl (C=O) groups is 2. The fraction of sp³-hybridized carbons (Fsp3) is 0.0625. The Morgan fingerprint density at radius 2 is 1.45 bits per heavy atom. The van der Waals surface area contributed by atoms with Crippen LogP contribution in [0.4, 0.5) is 0 Å². The van der Waals surface area contributed by atoms with Crippen molar-refractivity contribution < 1.29 is 9.59 Å². The molecule has 2 aromatic carbocycles. The van der Waals surface area contributed by atoms with Crippen LogP contribution < -0.4 is 11.2 Å². The predicted molar refractivity (Wildman–Crippen MR) is 88.8 cm³/mol. The molecule has 0 aromatic heterocycles. The zero-order valence-corrected chi connectivity index (χ0v) is 13.4. The summed E-state index contributed by atoms with van der Waals surface area (Å²) < 4.78 is 0.975. The normalized spacial score (nSPS) is 11.1. The van der Waals surface area contributed by atoms with E-state index in [-0.39, 0.29) is 5.91 Å². The van der Waals surface area contributed by atoms with Gasteiger partial charge in [-0.3, -0.25) is 9.59 Å². The number of hydrazone groups is 1. The first-order valence-corrected chi connectivity index (χ1v) is 7.27. The summed E-state index contributed by atoms with van der Waals surface area (Å²) in [6, 6.07) is 13.7. The Bertz CT molecular complexity index is 722. The molecule has 0 aliphatic heterocycles. The maximum Gasteiger partial charge on any atom is 0.271 e. The second kappa shape index (κ2) is 7.00. The van der Waals surface area contributed by atoms with E-state index >= 15 is 0 Å². The molecule has 0 aliphatic rings. The van der Waals surface area contributed by atoms with Crippen LogP contribution in [0.2, 0.25) is 0 Å². The molecular formula is C16H14BrN3O2. The third-order valence-electron chi connectivity index (χ3n) is 3.02. The van der Waals surface area contributed by atoms with Crippen molar-refractivity contribution in [3.8, 4) is 0 Å². The average Bonchev–Trinajstić information content (AvgIpc) is 2.53. The van der Waals surface area contributed by atoms with Crippen LogP contribution in [0, 0.1) is 0 Å². The van der Waals surface area contributed by atoms with Crippen LogP contribution in [0.25, 0.3) is 0 Å². The van der Waals surface area contributed by atoms with E-state index in [1.54, 1.807) is 6.92 Å². The molecule has 0 fully saturated rings. The number of nitrogens with two attached hydrogens (primary N) is 1. The number of nitrogens with zero attached hydrogens (tertiary/aromatic N) is 1. The molecule has 112 valence electrons. The van der Waals surface area contributed by atoms with E-state index in [1.807, 2.05) is 24.3 Å². The quantitative estimate of drug-likeness (QED) is 0.649. The average molecular weight is 360 g/mol. The summed E-state index contributed by atoms with van der Waals surface area (Å²) in [5, 5.41) is 4.07. The first-order chi connectivity index (χ1) is 10.5. The van der Waals surface area contributed by atoms with Gasteiger partial charge in [-0.2, -0.15) is 5.10 Å². The summed E-state index contributed by atoms with van der Waals surface area (Å²) in [6.07, 6.45) is 0. The van der Waals surface area contributed by atoms with Crippen LogP contribution in [0.5, 0.6) is 0 Å². The van der Waals surface area contributed by atoms with Gasteiger partial charge in [-0.25, -0.2) is 5.43 Å². The zero-order chi connectivity index (χ0) is 16.1. The molecule has 22 heavy (non-hydrogen) atoms. The summed E-state index contributed by atoms with van der Waals surface area (Å²) in [6.45, 7) is 1.81. The number of hydrogen-bond acceptors (Lipinski definition) is 3. The molecular weight excluding hydrogens is 346 g/mol. The molecule has 0 spiro atoms. The van der Waals surface area contributed by atoms with E-state index in [0.29, 0.717) is 16.8 Å². The second-order valence-electron chi connectivity index (χ2n) is 4.59. The van der Waals surface area contributed by atoms with E-state index in [4.69, 9.17) is 5.73 Å². The smallest absolute Gasteiger partial charge is 0.271 e. The van der Waals surface area contributed by atoms with Gasteiger partial charge in [0.1, 0.15) is 0 Å². The number of carbonyl (C=O) groups excluding carboxylic acids is 2. The summed E-state index contributed by atoms with van der Waals surface area (Å²) in [5.41, 5.74) is 9.98. The number of amides is 2. The Kier molecular flexibility index (Phi) is 5.06. The standard InChI is InChI=1S/C16H14BrN3O2/c1-10(11-6-8-14(17)9-7-11)19-20-16(22)13-4-2-12(3-5-13)15(18)21/h2-9H,1H3,(H2,18,21)(H,20,22). The Hall–Kier alpha value is -2.47. The van der Waals surface area contributed by atoms with Crippen molar-refractivity contribution >= 4 is 33.5 Å². The lowest BCUT2D eigenvalue weighted by Crippen LogP contribution is -2.19. The molecule has 0 radical (unpaired) electrons. The minimum Gasteiger partial charge on any atom is -0.366 e. The van der Waals surface area contributed by atoms with Gasteiger partial charge in [-0.05, 0) is 48.9 Å². The summed E-state index contributed by atoms with van der Waals surface area (Å²) >= 11 is 3.36. The lowest BCUT2D eigenvalue weighted by Gasteiger charge is -2.04. The molecule has 0 aliphatic carbocycles. The van der Waals surface area contributed by atoms with Crippen molar-refractivity contribution in [1.82, 2.24) is 5.43 Å². The van der Waals surface area contributed by atoms with E-state index in [2.05, 4.69) is 26.5 Å². The highest BCUT2D eigenvalue weighted by molar-refractivity contribution is 9.10. The summed E-state index contributed by atoms with van der Waals surface area (Å²) in [7, 11) is 0. The number of benzene rings is 2. The van der Waals surface area contributed by atoms with Crippen LogP contribution in [0.15, 0.2) is 58.1 Å². The van der Waals surface area contributed by atoms with Gasteiger partial charge >= 0.3 is 0 Å². The lowest BCUT2D eigenvalue weighted by molar-refractivity contribution is 0.0952. The highest BCUT2D eigenvalue weighted by Gasteiger charge is 2.06. The van der Waals surface area contributed by atoms with Gasteiger partial charge in [-0.1, -0.05) is 28.1 Å². The number of primary amides is 1. The van der Waals surface area contributed by atoms with E-state index < -0.39 is 5.91 Å². The topological polar surface area (TPSA) is 84.6 Å². The van der Waals surface area contributed by atoms with Crippen molar-refractivity contribution in [2.45, 2.75) is 6.92 Å². The van der Waals surface area contributed by atoms with Gasteiger partial charge in [0.15, 0.2) is 0 Å². The molecule has 2 rings (SSSR count). The molecule has 0 atom stereocenters. The molecule has 0 heterocycles. The van der Waals surface area contributed by atoms with Gasteiger partial charge in [0.05, 0.1) is 5.71 Å². The fourth-order valence-electron chi connectivity index (χ4n) is 1.74. The molecule has 0 saturated heterocycles. The Morgan fingerprint density at radius 1 is 0.955 bits per heavy atom. The van der Waals surface area contributed by atoms with Crippen molar-refractivity contribution in [2.75, 3.05) is 0 Å².